The van der Waals surface area contributed by atoms with E-state index in [9.17, 15) is 9.18 Å². The number of aryl methyl sites for hydroxylation is 1. The number of amides is 1. The summed E-state index contributed by atoms with van der Waals surface area (Å²) in [5.74, 6) is -0.143. The third-order valence-corrected chi connectivity index (χ3v) is 5.13. The highest BCUT2D eigenvalue weighted by molar-refractivity contribution is 6.31. The van der Waals surface area contributed by atoms with Gasteiger partial charge in [-0.2, -0.15) is 4.98 Å². The molecule has 0 bridgehead atoms. The maximum absolute atomic E-state index is 13.4. The van der Waals surface area contributed by atoms with Gasteiger partial charge in [-0.3, -0.25) is 4.79 Å². The van der Waals surface area contributed by atoms with Crippen molar-refractivity contribution >= 4 is 17.5 Å². The normalized spacial score (nSPS) is 13.2. The topological polar surface area (TPSA) is 68.0 Å². The van der Waals surface area contributed by atoms with Crippen LogP contribution in [-0.4, -0.2) is 16.0 Å². The lowest BCUT2D eigenvalue weighted by molar-refractivity contribution is 0.0909. The van der Waals surface area contributed by atoms with Crippen molar-refractivity contribution < 1.29 is 13.7 Å². The highest BCUT2D eigenvalue weighted by Crippen LogP contribution is 2.28. The van der Waals surface area contributed by atoms with Crippen LogP contribution in [0.1, 0.15) is 48.1 Å². The molecule has 1 aromatic heterocycles. The van der Waals surface area contributed by atoms with Crippen molar-refractivity contribution in [1.29, 1.82) is 0 Å². The van der Waals surface area contributed by atoms with Crippen LogP contribution in [-0.2, 0) is 0 Å². The molecule has 0 saturated heterocycles. The SMILES string of the molecule is CC[C@H](C)[C@@H](NC(=O)c1cccc(F)c1)c1nc(-c2ccc(C)c(Cl)c2)no1. The van der Waals surface area contributed by atoms with E-state index in [0.29, 0.717) is 16.7 Å². The molecule has 5 nitrogen and oxygen atoms in total. The Morgan fingerprint density at radius 3 is 2.75 bits per heavy atom. The van der Waals surface area contributed by atoms with Crippen molar-refractivity contribution in [2.75, 3.05) is 0 Å². The molecule has 0 aliphatic carbocycles. The number of carbonyl (C=O) groups is 1. The minimum atomic E-state index is -0.497. The standard InChI is InChI=1S/C21H21ClFN3O2/c1-4-12(2)18(24-20(27)15-6-5-7-16(23)10-15)21-25-19(26-28-21)14-9-8-13(3)17(22)11-14/h5-12,18H,4H2,1-3H3,(H,24,27)/t12-,18+/m0/s1. The van der Waals surface area contributed by atoms with Crippen LogP contribution in [0, 0.1) is 18.7 Å². The highest BCUT2D eigenvalue weighted by Gasteiger charge is 2.27. The predicted octanol–water partition coefficient (Wildman–Crippen LogP) is 5.35. The molecule has 28 heavy (non-hydrogen) atoms. The summed E-state index contributed by atoms with van der Waals surface area (Å²) in [5.41, 5.74) is 1.91. The second-order valence-electron chi connectivity index (χ2n) is 6.77. The zero-order valence-electron chi connectivity index (χ0n) is 15.9. The van der Waals surface area contributed by atoms with Crippen molar-refractivity contribution in [2.45, 2.75) is 33.2 Å². The number of nitrogens with one attached hydrogen (secondary N) is 1. The second-order valence-corrected chi connectivity index (χ2v) is 7.17. The van der Waals surface area contributed by atoms with Crippen molar-refractivity contribution in [3.05, 3.63) is 70.3 Å². The van der Waals surface area contributed by atoms with Crippen molar-refractivity contribution in [3.63, 3.8) is 0 Å². The zero-order valence-corrected chi connectivity index (χ0v) is 16.6. The molecule has 2 atom stereocenters. The van der Waals surface area contributed by atoms with Gasteiger partial charge in [0.15, 0.2) is 0 Å². The molecule has 0 fully saturated rings. The third-order valence-electron chi connectivity index (χ3n) is 4.72. The molecular weight excluding hydrogens is 381 g/mol. The molecule has 0 aliphatic rings. The summed E-state index contributed by atoms with van der Waals surface area (Å²) in [5, 5.41) is 7.53. The molecule has 3 aromatic rings. The lowest BCUT2D eigenvalue weighted by atomic mass is 9.98. The van der Waals surface area contributed by atoms with Crippen LogP contribution < -0.4 is 5.32 Å². The van der Waals surface area contributed by atoms with Gasteiger partial charge in [-0.05, 0) is 42.7 Å². The van der Waals surface area contributed by atoms with Gasteiger partial charge in [0.1, 0.15) is 11.9 Å². The molecular formula is C21H21ClFN3O2. The van der Waals surface area contributed by atoms with Crippen LogP contribution in [0.4, 0.5) is 4.39 Å². The van der Waals surface area contributed by atoms with Crippen molar-refractivity contribution in [3.8, 4) is 11.4 Å². The number of rotatable bonds is 6. The van der Waals surface area contributed by atoms with E-state index in [2.05, 4.69) is 15.5 Å². The molecule has 2 aromatic carbocycles. The number of halogens is 2. The van der Waals surface area contributed by atoms with Gasteiger partial charge in [-0.25, -0.2) is 4.39 Å². The number of benzene rings is 2. The fourth-order valence-corrected chi connectivity index (χ4v) is 2.93. The Labute approximate surface area is 167 Å². The van der Waals surface area contributed by atoms with Crippen LogP contribution in [0.2, 0.25) is 5.02 Å². The van der Waals surface area contributed by atoms with E-state index in [1.807, 2.05) is 32.9 Å². The Hall–Kier alpha value is -2.73. The Morgan fingerprint density at radius 2 is 2.07 bits per heavy atom. The molecule has 3 rings (SSSR count). The molecule has 146 valence electrons. The molecule has 0 saturated carbocycles. The average Bonchev–Trinajstić information content (AvgIpc) is 3.17. The summed E-state index contributed by atoms with van der Waals surface area (Å²) in [6.07, 6.45) is 0.780. The number of carbonyl (C=O) groups excluding carboxylic acids is 1. The second kappa shape index (κ2) is 8.52. The zero-order chi connectivity index (χ0) is 20.3. The van der Waals surface area contributed by atoms with Gasteiger partial charge in [0.2, 0.25) is 11.7 Å². The molecule has 0 spiro atoms. The van der Waals surface area contributed by atoms with Crippen LogP contribution in [0.15, 0.2) is 47.0 Å². The van der Waals surface area contributed by atoms with Crippen LogP contribution in [0.3, 0.4) is 0 Å². The van der Waals surface area contributed by atoms with Gasteiger partial charge >= 0.3 is 0 Å². The third kappa shape index (κ3) is 4.39. The molecule has 7 heteroatoms. The van der Waals surface area contributed by atoms with Crippen molar-refractivity contribution in [2.24, 2.45) is 5.92 Å². The van der Waals surface area contributed by atoms with E-state index in [4.69, 9.17) is 16.1 Å². The first kappa shape index (κ1) is 20.0. The van der Waals surface area contributed by atoms with E-state index in [-0.39, 0.29) is 11.5 Å². The van der Waals surface area contributed by atoms with Crippen LogP contribution >= 0.6 is 11.6 Å². The van der Waals surface area contributed by atoms with Gasteiger partial charge in [0, 0.05) is 16.1 Å². The summed E-state index contributed by atoms with van der Waals surface area (Å²) in [6, 6.07) is 10.5. The first-order valence-electron chi connectivity index (χ1n) is 9.05. The fourth-order valence-electron chi connectivity index (χ4n) is 2.75. The molecule has 1 amide bonds. The Morgan fingerprint density at radius 1 is 1.29 bits per heavy atom. The molecule has 0 radical (unpaired) electrons. The van der Waals surface area contributed by atoms with Crippen molar-refractivity contribution in [1.82, 2.24) is 15.5 Å². The maximum Gasteiger partial charge on any atom is 0.252 e. The molecule has 1 heterocycles. The van der Waals surface area contributed by atoms with Gasteiger partial charge < -0.3 is 9.84 Å². The average molecular weight is 402 g/mol. The van der Waals surface area contributed by atoms with E-state index >= 15 is 0 Å². The smallest absolute Gasteiger partial charge is 0.252 e. The van der Waals surface area contributed by atoms with E-state index < -0.39 is 17.8 Å². The van der Waals surface area contributed by atoms with Gasteiger partial charge in [0.25, 0.3) is 5.91 Å². The highest BCUT2D eigenvalue weighted by atomic mass is 35.5. The van der Waals surface area contributed by atoms with E-state index in [0.717, 1.165) is 17.5 Å². The number of nitrogens with zero attached hydrogens (tertiary/aromatic N) is 2. The fraction of sp³-hybridized carbons (Fsp3) is 0.286. The predicted molar refractivity (Wildman–Crippen MR) is 106 cm³/mol. The number of aromatic nitrogens is 2. The van der Waals surface area contributed by atoms with Gasteiger partial charge in [-0.15, -0.1) is 0 Å². The number of hydrogen-bond donors (Lipinski definition) is 1. The van der Waals surface area contributed by atoms with Gasteiger partial charge in [-0.1, -0.05) is 55.2 Å². The van der Waals surface area contributed by atoms with E-state index in [1.54, 1.807) is 12.1 Å². The Balaban J connectivity index is 1.87. The Bertz CT molecular complexity index is 989. The lowest BCUT2D eigenvalue weighted by Gasteiger charge is -2.20. The Kier molecular flexibility index (Phi) is 6.09. The van der Waals surface area contributed by atoms with Crippen LogP contribution in [0.25, 0.3) is 11.4 Å². The summed E-state index contributed by atoms with van der Waals surface area (Å²) in [7, 11) is 0. The lowest BCUT2D eigenvalue weighted by Crippen LogP contribution is -2.32. The summed E-state index contributed by atoms with van der Waals surface area (Å²) >= 11 is 6.18. The minimum Gasteiger partial charge on any atom is -0.340 e. The first-order chi connectivity index (χ1) is 13.4. The molecule has 0 aliphatic heterocycles. The summed E-state index contributed by atoms with van der Waals surface area (Å²) in [6.45, 7) is 5.89. The monoisotopic (exact) mass is 401 g/mol. The van der Waals surface area contributed by atoms with Gasteiger partial charge in [0.05, 0.1) is 0 Å². The molecule has 0 unspecified atom stereocenters. The summed E-state index contributed by atoms with van der Waals surface area (Å²) in [4.78, 5) is 17.0. The van der Waals surface area contributed by atoms with Crippen LogP contribution in [0.5, 0.6) is 0 Å². The number of hydrogen-bond acceptors (Lipinski definition) is 4. The maximum atomic E-state index is 13.4. The minimum absolute atomic E-state index is 0.0346. The quantitative estimate of drug-likeness (QED) is 0.604. The molecule has 1 N–H and O–H groups in total. The van der Waals surface area contributed by atoms with E-state index in [1.165, 1.54) is 18.2 Å². The summed E-state index contributed by atoms with van der Waals surface area (Å²) < 4.78 is 18.9. The largest absolute Gasteiger partial charge is 0.340 e. The first-order valence-corrected chi connectivity index (χ1v) is 9.43.